The third-order valence-electron chi connectivity index (χ3n) is 2.44. The van der Waals surface area contributed by atoms with E-state index in [0.29, 0.717) is 0 Å². The Kier molecular flexibility index (Phi) is 5.19. The first-order chi connectivity index (χ1) is 10.2. The average molecular weight is 400 g/mol. The number of benzene rings is 1. The van der Waals surface area contributed by atoms with E-state index < -0.39 is 20.8 Å². The minimum atomic E-state index is -4.30. The Labute approximate surface area is 146 Å². The standard InChI is InChI=1S/C12H6Cl4N2O3S/c13-6-4-5-9(16)17-10(6)12(19)18-22(20,21)11-7(14)2-1-3-8(11)15/h1-5H,(H,18,19). The molecular formula is C12H6Cl4N2O3S. The molecule has 2 aromatic rings. The van der Waals surface area contributed by atoms with E-state index >= 15 is 0 Å². The Morgan fingerprint density at radius 2 is 1.55 bits per heavy atom. The van der Waals surface area contributed by atoms with E-state index in [1.165, 1.54) is 30.3 Å². The maximum atomic E-state index is 12.2. The highest BCUT2D eigenvalue weighted by molar-refractivity contribution is 7.90. The number of hydrogen-bond donors (Lipinski definition) is 1. The zero-order chi connectivity index (χ0) is 16.5. The molecule has 1 aromatic heterocycles. The predicted molar refractivity (Wildman–Crippen MR) is 85.4 cm³/mol. The first kappa shape index (κ1) is 17.3. The Hall–Kier alpha value is -1.05. The fourth-order valence-corrected chi connectivity index (χ4v) is 3.98. The van der Waals surface area contributed by atoms with E-state index in [0.717, 1.165) is 0 Å². The molecule has 0 aliphatic rings. The maximum Gasteiger partial charge on any atom is 0.285 e. The number of hydrogen-bond acceptors (Lipinski definition) is 4. The second kappa shape index (κ2) is 6.60. The summed E-state index contributed by atoms with van der Waals surface area (Å²) >= 11 is 23.1. The van der Waals surface area contributed by atoms with Gasteiger partial charge in [0.2, 0.25) is 0 Å². The minimum Gasteiger partial charge on any atom is -0.266 e. The van der Waals surface area contributed by atoms with Crippen LogP contribution in [0.1, 0.15) is 10.5 Å². The number of sulfonamides is 1. The first-order valence-corrected chi connectivity index (χ1v) is 8.55. The summed E-state index contributed by atoms with van der Waals surface area (Å²) in [6.45, 7) is 0. The monoisotopic (exact) mass is 398 g/mol. The molecule has 0 saturated carbocycles. The van der Waals surface area contributed by atoms with Crippen LogP contribution in [0.25, 0.3) is 0 Å². The van der Waals surface area contributed by atoms with Crippen molar-refractivity contribution in [3.8, 4) is 0 Å². The summed E-state index contributed by atoms with van der Waals surface area (Å²) in [5, 5.41) is -0.319. The van der Waals surface area contributed by atoms with Gasteiger partial charge in [0.05, 0.1) is 15.1 Å². The topological polar surface area (TPSA) is 76.1 Å². The fourth-order valence-electron chi connectivity index (χ4n) is 1.54. The first-order valence-electron chi connectivity index (χ1n) is 5.55. The van der Waals surface area contributed by atoms with E-state index in [2.05, 4.69) is 4.98 Å². The maximum absolute atomic E-state index is 12.2. The molecule has 1 aromatic carbocycles. The summed E-state index contributed by atoms with van der Waals surface area (Å²) in [4.78, 5) is 15.3. The molecule has 0 radical (unpaired) electrons. The summed E-state index contributed by atoms with van der Waals surface area (Å²) in [7, 11) is -4.30. The molecule has 0 spiro atoms. The van der Waals surface area contributed by atoms with Crippen molar-refractivity contribution < 1.29 is 13.2 Å². The molecule has 0 aliphatic heterocycles. The third kappa shape index (κ3) is 3.64. The van der Waals surface area contributed by atoms with Crippen molar-refractivity contribution in [1.82, 2.24) is 9.71 Å². The summed E-state index contributed by atoms with van der Waals surface area (Å²) in [5.41, 5.74) is -0.332. The summed E-state index contributed by atoms with van der Waals surface area (Å²) in [5.74, 6) is -1.05. The number of halogens is 4. The molecule has 0 atom stereocenters. The third-order valence-corrected chi connectivity index (χ3v) is 5.24. The zero-order valence-corrected chi connectivity index (χ0v) is 14.3. The van der Waals surface area contributed by atoms with Crippen LogP contribution in [0, 0.1) is 0 Å². The highest BCUT2D eigenvalue weighted by atomic mass is 35.5. The van der Waals surface area contributed by atoms with Crippen LogP contribution < -0.4 is 4.72 Å². The van der Waals surface area contributed by atoms with Crippen LogP contribution >= 0.6 is 46.4 Å². The molecule has 0 unspecified atom stereocenters. The summed E-state index contributed by atoms with van der Waals surface area (Å²) < 4.78 is 26.3. The number of carbonyl (C=O) groups excluding carboxylic acids is 1. The van der Waals surface area contributed by atoms with E-state index in [-0.39, 0.29) is 25.9 Å². The minimum absolute atomic E-state index is 0.0114. The van der Waals surface area contributed by atoms with Gasteiger partial charge in [0.1, 0.15) is 15.7 Å². The Morgan fingerprint density at radius 1 is 0.955 bits per heavy atom. The summed E-state index contributed by atoms with van der Waals surface area (Å²) in [6.07, 6.45) is 0. The fraction of sp³-hybridized carbons (Fsp3) is 0. The molecule has 1 amide bonds. The van der Waals surface area contributed by atoms with Gasteiger partial charge in [-0.2, -0.15) is 0 Å². The molecule has 0 saturated heterocycles. The molecule has 0 aliphatic carbocycles. The van der Waals surface area contributed by atoms with Crippen LogP contribution in [0.15, 0.2) is 35.2 Å². The van der Waals surface area contributed by atoms with Crippen molar-refractivity contribution in [2.45, 2.75) is 4.90 Å². The van der Waals surface area contributed by atoms with Crippen LogP contribution in [-0.2, 0) is 10.0 Å². The van der Waals surface area contributed by atoms with Crippen molar-refractivity contribution in [2.75, 3.05) is 0 Å². The van der Waals surface area contributed by atoms with Gasteiger partial charge in [-0.1, -0.05) is 52.5 Å². The van der Waals surface area contributed by atoms with E-state index in [9.17, 15) is 13.2 Å². The van der Waals surface area contributed by atoms with Crippen LogP contribution in [0.2, 0.25) is 20.2 Å². The van der Waals surface area contributed by atoms with E-state index in [1.54, 1.807) is 4.72 Å². The molecule has 1 heterocycles. The number of amides is 1. The second-order valence-corrected chi connectivity index (χ2v) is 7.18. The lowest BCUT2D eigenvalue weighted by molar-refractivity contribution is 0.0977. The highest BCUT2D eigenvalue weighted by Crippen LogP contribution is 2.29. The van der Waals surface area contributed by atoms with Gasteiger partial charge in [0.25, 0.3) is 15.9 Å². The lowest BCUT2D eigenvalue weighted by atomic mass is 10.3. The van der Waals surface area contributed by atoms with Gasteiger partial charge in [0.15, 0.2) is 0 Å². The molecular weight excluding hydrogens is 394 g/mol. The van der Waals surface area contributed by atoms with Crippen molar-refractivity contribution in [2.24, 2.45) is 0 Å². The molecule has 2 rings (SSSR count). The Bertz CT molecular complexity index is 835. The van der Waals surface area contributed by atoms with Crippen LogP contribution in [0.3, 0.4) is 0 Å². The molecule has 116 valence electrons. The van der Waals surface area contributed by atoms with Crippen molar-refractivity contribution >= 4 is 62.3 Å². The summed E-state index contributed by atoms with van der Waals surface area (Å²) in [6, 6.07) is 6.82. The van der Waals surface area contributed by atoms with Gasteiger partial charge in [-0.15, -0.1) is 0 Å². The number of carbonyl (C=O) groups is 1. The quantitative estimate of drug-likeness (QED) is 0.796. The van der Waals surface area contributed by atoms with E-state index in [4.69, 9.17) is 46.4 Å². The van der Waals surface area contributed by atoms with Crippen molar-refractivity contribution in [3.05, 3.63) is 56.2 Å². The number of nitrogens with zero attached hydrogens (tertiary/aromatic N) is 1. The number of pyridine rings is 1. The number of rotatable bonds is 3. The molecule has 5 nitrogen and oxygen atoms in total. The molecule has 0 fully saturated rings. The smallest absolute Gasteiger partial charge is 0.266 e. The second-order valence-electron chi connectivity index (χ2n) is 3.95. The average Bonchev–Trinajstić information content (AvgIpc) is 2.40. The lowest BCUT2D eigenvalue weighted by Crippen LogP contribution is -2.31. The SMILES string of the molecule is O=C(NS(=O)(=O)c1c(Cl)cccc1Cl)c1nc(Cl)ccc1Cl. The zero-order valence-electron chi connectivity index (χ0n) is 10.5. The van der Waals surface area contributed by atoms with Gasteiger partial charge < -0.3 is 0 Å². The van der Waals surface area contributed by atoms with Gasteiger partial charge in [-0.05, 0) is 24.3 Å². The van der Waals surface area contributed by atoms with Gasteiger partial charge >= 0.3 is 0 Å². The Balaban J connectivity index is 2.41. The van der Waals surface area contributed by atoms with Crippen molar-refractivity contribution in [3.63, 3.8) is 0 Å². The molecule has 10 heteroatoms. The Morgan fingerprint density at radius 3 is 2.14 bits per heavy atom. The predicted octanol–water partition coefficient (Wildman–Crippen LogP) is 3.81. The van der Waals surface area contributed by atoms with Crippen LogP contribution in [-0.4, -0.2) is 19.3 Å². The van der Waals surface area contributed by atoms with Gasteiger partial charge in [-0.25, -0.2) is 18.1 Å². The molecule has 0 bridgehead atoms. The number of aromatic nitrogens is 1. The van der Waals surface area contributed by atoms with Crippen LogP contribution in [0.4, 0.5) is 0 Å². The lowest BCUT2D eigenvalue weighted by Gasteiger charge is -2.10. The molecule has 22 heavy (non-hydrogen) atoms. The highest BCUT2D eigenvalue weighted by Gasteiger charge is 2.26. The normalized spacial score (nSPS) is 11.3. The largest absolute Gasteiger partial charge is 0.285 e. The number of nitrogens with one attached hydrogen (secondary N) is 1. The van der Waals surface area contributed by atoms with E-state index in [1.807, 2.05) is 0 Å². The van der Waals surface area contributed by atoms with Crippen molar-refractivity contribution in [1.29, 1.82) is 0 Å². The van der Waals surface area contributed by atoms with Gasteiger partial charge in [0, 0.05) is 0 Å². The van der Waals surface area contributed by atoms with Gasteiger partial charge in [-0.3, -0.25) is 4.79 Å². The molecule has 1 N–H and O–H groups in total. The van der Waals surface area contributed by atoms with Crippen LogP contribution in [0.5, 0.6) is 0 Å².